The number of unbranched alkanes of at least 4 members (excludes halogenated alkanes) is 1. The number of carbonyl (C=O) groups excluding carboxylic acids is 2. The number of likely N-dealkylation sites (tertiary alicyclic amines) is 1. The molecule has 0 saturated carbocycles. The molecule has 2 N–H and O–H groups in total. The second-order valence-electron chi connectivity index (χ2n) is 9.06. The van der Waals surface area contributed by atoms with Gasteiger partial charge in [0.15, 0.2) is 0 Å². The van der Waals surface area contributed by atoms with Crippen LogP contribution in [0.15, 0.2) is 12.7 Å². The SMILES string of the molecule is C=CCN(CCCC)C(=O)C1N([C@@H](CO)C(C)C)C(=O)[C@@H]2[C@@H](C(=O)O)[C@H]3CCC12S3. The number of hydrogen-bond acceptors (Lipinski definition) is 5. The highest BCUT2D eigenvalue weighted by Gasteiger charge is 2.74. The van der Waals surface area contributed by atoms with E-state index in [-0.39, 0.29) is 29.6 Å². The van der Waals surface area contributed by atoms with Gasteiger partial charge in [-0.1, -0.05) is 33.3 Å². The minimum absolute atomic E-state index is 0.0570. The molecule has 3 aliphatic rings. The quantitative estimate of drug-likeness (QED) is 0.506. The highest BCUT2D eigenvalue weighted by molar-refractivity contribution is 8.02. The first-order valence-corrected chi connectivity index (χ1v) is 11.9. The Labute approximate surface area is 182 Å². The van der Waals surface area contributed by atoms with E-state index < -0.39 is 34.6 Å². The van der Waals surface area contributed by atoms with Crippen LogP contribution in [0.1, 0.15) is 46.5 Å². The van der Waals surface area contributed by atoms with Crippen molar-refractivity contribution in [3.8, 4) is 0 Å². The van der Waals surface area contributed by atoms with E-state index in [0.717, 1.165) is 12.8 Å². The minimum atomic E-state index is -0.959. The van der Waals surface area contributed by atoms with Gasteiger partial charge in [0, 0.05) is 18.3 Å². The number of carbonyl (C=O) groups is 3. The van der Waals surface area contributed by atoms with Gasteiger partial charge in [-0.2, -0.15) is 0 Å². The first kappa shape index (κ1) is 23.1. The van der Waals surface area contributed by atoms with Gasteiger partial charge in [0.1, 0.15) is 6.04 Å². The fourth-order valence-corrected chi connectivity index (χ4v) is 7.79. The fraction of sp³-hybridized carbons (Fsp3) is 0.773. The maximum absolute atomic E-state index is 13.9. The van der Waals surface area contributed by atoms with Gasteiger partial charge < -0.3 is 20.0 Å². The summed E-state index contributed by atoms with van der Waals surface area (Å²) in [7, 11) is 0. The van der Waals surface area contributed by atoms with E-state index in [1.165, 1.54) is 11.8 Å². The average molecular weight is 439 g/mol. The number of carboxylic acids is 1. The third-order valence-electron chi connectivity index (χ3n) is 7.01. The van der Waals surface area contributed by atoms with Crippen LogP contribution < -0.4 is 0 Å². The maximum Gasteiger partial charge on any atom is 0.308 e. The molecular weight excluding hydrogens is 404 g/mol. The number of fused-ring (bicyclic) bond motifs is 1. The van der Waals surface area contributed by atoms with Crippen LogP contribution in [0.5, 0.6) is 0 Å². The average Bonchev–Trinajstić information content (AvgIpc) is 3.33. The van der Waals surface area contributed by atoms with Crippen LogP contribution in [0.4, 0.5) is 0 Å². The van der Waals surface area contributed by atoms with Crippen molar-refractivity contribution < 1.29 is 24.6 Å². The van der Waals surface area contributed by atoms with Crippen LogP contribution in [0.3, 0.4) is 0 Å². The zero-order chi connectivity index (χ0) is 22.2. The molecule has 168 valence electrons. The molecule has 7 nitrogen and oxygen atoms in total. The number of hydrogen-bond donors (Lipinski definition) is 2. The molecular formula is C22H34N2O5S. The predicted octanol–water partition coefficient (Wildman–Crippen LogP) is 1.99. The molecule has 3 aliphatic heterocycles. The maximum atomic E-state index is 13.9. The third-order valence-corrected chi connectivity index (χ3v) is 8.97. The van der Waals surface area contributed by atoms with Crippen molar-refractivity contribution >= 4 is 29.5 Å². The van der Waals surface area contributed by atoms with Crippen molar-refractivity contribution in [1.82, 2.24) is 9.80 Å². The number of carboxylic acid groups (broad SMARTS) is 1. The Morgan fingerprint density at radius 2 is 2.13 bits per heavy atom. The molecule has 2 bridgehead atoms. The second kappa shape index (κ2) is 8.91. The standard InChI is InChI=1S/C22H34N2O5S/c1-5-7-11-23(10-6-2)20(27)18-22-9-8-15(30-22)16(21(28)29)17(22)19(26)24(18)14(12-25)13(3)4/h6,13-18,25H,2,5,7-12H2,1,3-4H3,(H,28,29)/t14-,15+,16-,17-,18?,22?/m0/s1. The van der Waals surface area contributed by atoms with E-state index in [1.54, 1.807) is 15.9 Å². The summed E-state index contributed by atoms with van der Waals surface area (Å²) in [4.78, 5) is 42.9. The highest BCUT2D eigenvalue weighted by Crippen LogP contribution is 2.66. The lowest BCUT2D eigenvalue weighted by Crippen LogP contribution is -2.58. The summed E-state index contributed by atoms with van der Waals surface area (Å²) in [5, 5.41) is 19.9. The molecule has 6 atom stereocenters. The number of aliphatic hydroxyl groups is 1. The van der Waals surface area contributed by atoms with Gasteiger partial charge in [0.25, 0.3) is 0 Å². The fourth-order valence-electron chi connectivity index (χ4n) is 5.60. The van der Waals surface area contributed by atoms with Gasteiger partial charge in [-0.05, 0) is 25.2 Å². The molecule has 0 aromatic heterocycles. The largest absolute Gasteiger partial charge is 0.481 e. The van der Waals surface area contributed by atoms with Gasteiger partial charge in [-0.25, -0.2) is 0 Å². The second-order valence-corrected chi connectivity index (χ2v) is 10.7. The summed E-state index contributed by atoms with van der Waals surface area (Å²) in [5.74, 6) is -2.92. The van der Waals surface area contributed by atoms with Crippen molar-refractivity contribution in [2.45, 2.75) is 68.5 Å². The lowest BCUT2D eigenvalue weighted by molar-refractivity contribution is -0.150. The van der Waals surface area contributed by atoms with Crippen molar-refractivity contribution in [2.75, 3.05) is 19.7 Å². The molecule has 30 heavy (non-hydrogen) atoms. The molecule has 8 heteroatoms. The van der Waals surface area contributed by atoms with Crippen LogP contribution >= 0.6 is 11.8 Å². The molecule has 1 spiro atoms. The molecule has 3 heterocycles. The van der Waals surface area contributed by atoms with Crippen molar-refractivity contribution in [2.24, 2.45) is 17.8 Å². The Morgan fingerprint density at radius 3 is 2.67 bits per heavy atom. The number of aliphatic hydroxyl groups excluding tert-OH is 1. The van der Waals surface area contributed by atoms with Crippen LogP contribution in [-0.2, 0) is 14.4 Å². The van der Waals surface area contributed by atoms with Gasteiger partial charge in [0.05, 0.1) is 29.2 Å². The minimum Gasteiger partial charge on any atom is -0.481 e. The zero-order valence-electron chi connectivity index (χ0n) is 18.1. The Kier molecular flexibility index (Phi) is 6.87. The topological polar surface area (TPSA) is 98.2 Å². The normalized spacial score (nSPS) is 33.1. The Balaban J connectivity index is 2.08. The van der Waals surface area contributed by atoms with Gasteiger partial charge in [0.2, 0.25) is 11.8 Å². The molecule has 0 aromatic rings. The monoisotopic (exact) mass is 438 g/mol. The molecule has 3 saturated heterocycles. The summed E-state index contributed by atoms with van der Waals surface area (Å²) >= 11 is 1.53. The molecule has 0 radical (unpaired) electrons. The third kappa shape index (κ3) is 3.45. The molecule has 3 fully saturated rings. The first-order chi connectivity index (χ1) is 14.2. The molecule has 2 unspecified atom stereocenters. The smallest absolute Gasteiger partial charge is 0.308 e. The Bertz CT molecular complexity index is 714. The number of aliphatic carboxylic acids is 1. The number of nitrogens with zero attached hydrogens (tertiary/aromatic N) is 2. The predicted molar refractivity (Wildman–Crippen MR) is 116 cm³/mol. The summed E-state index contributed by atoms with van der Waals surface area (Å²) in [6, 6.07) is -1.26. The summed E-state index contributed by atoms with van der Waals surface area (Å²) in [5.41, 5.74) is 0. The van der Waals surface area contributed by atoms with Crippen LogP contribution in [-0.4, -0.2) is 79.6 Å². The van der Waals surface area contributed by atoms with E-state index in [1.807, 2.05) is 13.8 Å². The number of amides is 2. The van der Waals surface area contributed by atoms with Gasteiger partial charge in [-0.15, -0.1) is 18.3 Å². The molecule has 2 amide bonds. The summed E-state index contributed by atoms with van der Waals surface area (Å²) < 4.78 is -0.726. The molecule has 3 rings (SSSR count). The van der Waals surface area contributed by atoms with Crippen LogP contribution in [0.2, 0.25) is 0 Å². The van der Waals surface area contributed by atoms with E-state index in [0.29, 0.717) is 25.9 Å². The van der Waals surface area contributed by atoms with Gasteiger partial charge in [-0.3, -0.25) is 14.4 Å². The zero-order valence-corrected chi connectivity index (χ0v) is 18.9. The van der Waals surface area contributed by atoms with Gasteiger partial charge >= 0.3 is 5.97 Å². The highest BCUT2D eigenvalue weighted by atomic mass is 32.2. The van der Waals surface area contributed by atoms with Crippen LogP contribution in [0, 0.1) is 17.8 Å². The Morgan fingerprint density at radius 1 is 1.43 bits per heavy atom. The number of thioether (sulfide) groups is 1. The van der Waals surface area contributed by atoms with E-state index in [2.05, 4.69) is 13.5 Å². The van der Waals surface area contributed by atoms with Crippen molar-refractivity contribution in [1.29, 1.82) is 0 Å². The van der Waals surface area contributed by atoms with Crippen molar-refractivity contribution in [3.05, 3.63) is 12.7 Å². The molecule has 0 aliphatic carbocycles. The first-order valence-electron chi connectivity index (χ1n) is 11.0. The van der Waals surface area contributed by atoms with E-state index in [4.69, 9.17) is 0 Å². The lowest BCUT2D eigenvalue weighted by Gasteiger charge is -2.40. The van der Waals surface area contributed by atoms with E-state index in [9.17, 15) is 24.6 Å². The Hall–Kier alpha value is -1.54. The van der Waals surface area contributed by atoms with E-state index >= 15 is 0 Å². The van der Waals surface area contributed by atoms with Crippen molar-refractivity contribution in [3.63, 3.8) is 0 Å². The molecule has 0 aromatic carbocycles. The summed E-state index contributed by atoms with van der Waals surface area (Å²) in [6.07, 6.45) is 4.82. The summed E-state index contributed by atoms with van der Waals surface area (Å²) in [6.45, 7) is 10.4. The lowest BCUT2D eigenvalue weighted by atomic mass is 9.71. The number of rotatable bonds is 10. The van der Waals surface area contributed by atoms with Crippen LogP contribution in [0.25, 0.3) is 0 Å².